The Kier molecular flexibility index (Phi) is 7.43. The molecule has 0 aliphatic carbocycles. The maximum Gasteiger partial charge on any atom is 0.387 e. The highest BCUT2D eigenvalue weighted by atomic mass is 31.1. The van der Waals surface area contributed by atoms with Crippen LogP contribution in [0.4, 0.5) is 0 Å². The first kappa shape index (κ1) is 26.9. The SMILES string of the molecule is CCOp1oc2c(C(C)(C)C)cc(CC(C)C)cc2c2cc(C(C)(C)C)cc(C(C)(C)C)c2o1. The van der Waals surface area contributed by atoms with E-state index in [2.05, 4.69) is 100 Å². The number of rotatable bonds is 4. The van der Waals surface area contributed by atoms with E-state index in [4.69, 9.17) is 12.9 Å². The lowest BCUT2D eigenvalue weighted by Crippen LogP contribution is -2.16. The van der Waals surface area contributed by atoms with Gasteiger partial charge in [-0.1, -0.05) is 88.3 Å². The van der Waals surface area contributed by atoms with Crippen molar-refractivity contribution in [3.05, 3.63) is 46.5 Å². The molecule has 3 aromatic rings. The first-order chi connectivity index (χ1) is 15.5. The van der Waals surface area contributed by atoms with Crippen LogP contribution in [0.1, 0.15) is 105 Å². The molecule has 3 nitrogen and oxygen atoms in total. The van der Waals surface area contributed by atoms with Crippen molar-refractivity contribution in [1.82, 2.24) is 0 Å². The molecule has 2 aromatic carbocycles. The summed E-state index contributed by atoms with van der Waals surface area (Å²) in [7, 11) is -1.56. The molecule has 34 heavy (non-hydrogen) atoms. The van der Waals surface area contributed by atoms with Crippen LogP contribution in [0.2, 0.25) is 0 Å². The minimum atomic E-state index is -1.56. The fourth-order valence-corrected chi connectivity index (χ4v) is 5.42. The van der Waals surface area contributed by atoms with Crippen LogP contribution in [0.25, 0.3) is 21.9 Å². The van der Waals surface area contributed by atoms with Crippen molar-refractivity contribution in [1.29, 1.82) is 0 Å². The number of fused-ring (bicyclic) bond motifs is 3. The third kappa shape index (κ3) is 5.74. The quantitative estimate of drug-likeness (QED) is 0.370. The van der Waals surface area contributed by atoms with E-state index in [0.29, 0.717) is 12.5 Å². The van der Waals surface area contributed by atoms with E-state index in [-0.39, 0.29) is 16.2 Å². The van der Waals surface area contributed by atoms with E-state index in [9.17, 15) is 0 Å². The third-order valence-corrected chi connectivity index (χ3v) is 7.35. The zero-order valence-corrected chi connectivity index (χ0v) is 24.4. The molecular formula is C30H45O3P. The molecular weight excluding hydrogens is 439 g/mol. The summed E-state index contributed by atoms with van der Waals surface area (Å²) < 4.78 is 19.2. The Bertz CT molecular complexity index is 1210. The summed E-state index contributed by atoms with van der Waals surface area (Å²) >= 11 is 0. The molecule has 3 rings (SSSR count). The monoisotopic (exact) mass is 484 g/mol. The molecule has 0 aliphatic heterocycles. The van der Waals surface area contributed by atoms with Gasteiger partial charge in [-0.25, -0.2) is 0 Å². The van der Waals surface area contributed by atoms with Crippen molar-refractivity contribution in [2.75, 3.05) is 6.61 Å². The van der Waals surface area contributed by atoms with E-state index in [1.807, 2.05) is 6.92 Å². The van der Waals surface area contributed by atoms with E-state index in [1.165, 1.54) is 22.3 Å². The van der Waals surface area contributed by atoms with Gasteiger partial charge in [-0.3, -0.25) is 4.52 Å². The molecule has 0 amide bonds. The smallest absolute Gasteiger partial charge is 0.387 e. The summed E-state index contributed by atoms with van der Waals surface area (Å²) in [5, 5.41) is 2.24. The summed E-state index contributed by atoms with van der Waals surface area (Å²) in [4.78, 5) is 0. The van der Waals surface area contributed by atoms with Crippen molar-refractivity contribution in [3.8, 4) is 0 Å². The van der Waals surface area contributed by atoms with Crippen molar-refractivity contribution >= 4 is 30.2 Å². The fourth-order valence-electron chi connectivity index (χ4n) is 4.38. The number of hydrogen-bond donors (Lipinski definition) is 0. The van der Waals surface area contributed by atoms with Gasteiger partial charge >= 0.3 is 8.24 Å². The molecule has 188 valence electrons. The molecule has 1 aromatic heterocycles. The lowest BCUT2D eigenvalue weighted by molar-refractivity contribution is 0.392. The van der Waals surface area contributed by atoms with Gasteiger partial charge < -0.3 is 8.39 Å². The topological polar surface area (TPSA) is 35.5 Å². The molecule has 1 heterocycles. The maximum atomic E-state index is 6.61. The summed E-state index contributed by atoms with van der Waals surface area (Å²) in [5.41, 5.74) is 6.70. The number of benzene rings is 2. The normalized spacial score (nSPS) is 13.9. The van der Waals surface area contributed by atoms with Crippen LogP contribution in [0.3, 0.4) is 0 Å². The zero-order chi connectivity index (χ0) is 25.6. The average Bonchev–Trinajstić information content (AvgIpc) is 2.80. The van der Waals surface area contributed by atoms with Gasteiger partial charge in [-0.2, -0.15) is 0 Å². The highest BCUT2D eigenvalue weighted by Gasteiger charge is 2.27. The van der Waals surface area contributed by atoms with Crippen LogP contribution in [-0.2, 0) is 22.7 Å². The predicted octanol–water partition coefficient (Wildman–Crippen LogP) is 9.83. The van der Waals surface area contributed by atoms with Crippen LogP contribution >= 0.6 is 8.24 Å². The molecule has 0 bridgehead atoms. The van der Waals surface area contributed by atoms with Gasteiger partial charge in [0.2, 0.25) is 0 Å². The Morgan fingerprint density at radius 2 is 1.24 bits per heavy atom. The van der Waals surface area contributed by atoms with E-state index in [0.717, 1.165) is 28.4 Å². The Labute approximate surface area is 207 Å². The van der Waals surface area contributed by atoms with Gasteiger partial charge in [-0.15, -0.1) is 0 Å². The van der Waals surface area contributed by atoms with Gasteiger partial charge in [-0.05, 0) is 58.8 Å². The van der Waals surface area contributed by atoms with Gasteiger partial charge in [0, 0.05) is 21.9 Å². The van der Waals surface area contributed by atoms with E-state index >= 15 is 0 Å². The third-order valence-electron chi connectivity index (χ3n) is 6.22. The second-order valence-corrected chi connectivity index (χ2v) is 14.2. The second kappa shape index (κ2) is 9.40. The Morgan fingerprint density at radius 1 is 0.735 bits per heavy atom. The van der Waals surface area contributed by atoms with E-state index in [1.54, 1.807) is 0 Å². The van der Waals surface area contributed by atoms with Crippen LogP contribution in [0.15, 0.2) is 32.7 Å². The fraction of sp³-hybridized carbons (Fsp3) is 0.600. The minimum absolute atomic E-state index is 0.00933. The largest absolute Gasteiger partial charge is 0.399 e. The standard InChI is InChI=1S/C30H45O3P/c1-13-31-34-32-26-22(15-20(14-19(2)3)16-24(26)29(7,8)9)23-17-21(28(4,5)6)18-25(27(23)33-34)30(10,11)12/h15-19H,13-14H2,1-12H3. The minimum Gasteiger partial charge on any atom is -0.399 e. The molecule has 0 saturated heterocycles. The summed E-state index contributed by atoms with van der Waals surface area (Å²) in [5.74, 6) is 0.569. The van der Waals surface area contributed by atoms with Crippen LogP contribution in [0, 0.1) is 5.92 Å². The Balaban J connectivity index is 2.69. The Hall–Kier alpha value is -1.70. The molecule has 1 unspecified atom stereocenters. The molecule has 1 atom stereocenters. The van der Waals surface area contributed by atoms with Crippen LogP contribution < -0.4 is 4.52 Å². The van der Waals surface area contributed by atoms with Crippen LogP contribution in [0.5, 0.6) is 0 Å². The average molecular weight is 485 g/mol. The first-order valence-electron chi connectivity index (χ1n) is 12.7. The first-order valence-corrected chi connectivity index (χ1v) is 13.8. The van der Waals surface area contributed by atoms with Gasteiger partial charge in [0.05, 0.1) is 6.61 Å². The highest BCUT2D eigenvalue weighted by Crippen LogP contribution is 2.44. The van der Waals surface area contributed by atoms with Gasteiger partial charge in [0.25, 0.3) is 0 Å². The molecule has 0 saturated carbocycles. The molecule has 0 aliphatic rings. The van der Waals surface area contributed by atoms with Gasteiger partial charge in [0.15, 0.2) is 0 Å². The van der Waals surface area contributed by atoms with Crippen molar-refractivity contribution in [3.63, 3.8) is 0 Å². The molecule has 0 fully saturated rings. The number of hydrogen-bond acceptors (Lipinski definition) is 3. The molecule has 0 N–H and O–H groups in total. The van der Waals surface area contributed by atoms with Crippen molar-refractivity contribution < 1.29 is 12.9 Å². The lowest BCUT2D eigenvalue weighted by atomic mass is 9.78. The van der Waals surface area contributed by atoms with Gasteiger partial charge in [0.1, 0.15) is 11.2 Å². The lowest BCUT2D eigenvalue weighted by Gasteiger charge is -2.26. The summed E-state index contributed by atoms with van der Waals surface area (Å²) in [6, 6.07) is 9.31. The summed E-state index contributed by atoms with van der Waals surface area (Å²) in [6.07, 6.45) is 1.03. The second-order valence-electron chi connectivity index (χ2n) is 13.1. The zero-order valence-electron chi connectivity index (χ0n) is 23.5. The maximum absolute atomic E-state index is 6.61. The highest BCUT2D eigenvalue weighted by molar-refractivity contribution is 7.31. The molecule has 4 heteroatoms. The Morgan fingerprint density at radius 3 is 1.68 bits per heavy atom. The van der Waals surface area contributed by atoms with Crippen molar-refractivity contribution in [2.45, 2.75) is 106 Å². The predicted molar refractivity (Wildman–Crippen MR) is 148 cm³/mol. The van der Waals surface area contributed by atoms with E-state index < -0.39 is 8.24 Å². The molecule has 0 spiro atoms. The molecule has 0 radical (unpaired) electrons. The van der Waals surface area contributed by atoms with Crippen LogP contribution in [-0.4, -0.2) is 6.61 Å². The van der Waals surface area contributed by atoms with Crippen molar-refractivity contribution in [2.24, 2.45) is 5.92 Å². The summed E-state index contributed by atoms with van der Waals surface area (Å²) in [6.45, 7) is 27.4.